The molecule has 0 aromatic heterocycles. The van der Waals surface area contributed by atoms with E-state index < -0.39 is 17.1 Å². The molecule has 5 nitrogen and oxygen atoms in total. The van der Waals surface area contributed by atoms with E-state index >= 15 is 0 Å². The van der Waals surface area contributed by atoms with Crippen molar-refractivity contribution in [2.45, 2.75) is 0 Å². The molecule has 2 N–H and O–H groups in total. The van der Waals surface area contributed by atoms with Gasteiger partial charge >= 0.3 is 0 Å². The maximum atomic E-state index is 11.7. The zero-order valence-electron chi connectivity index (χ0n) is 9.20. The summed E-state index contributed by atoms with van der Waals surface area (Å²) >= 11 is 12.4. The first-order chi connectivity index (χ1) is 8.97. The molecule has 1 aliphatic heterocycles. The van der Waals surface area contributed by atoms with Gasteiger partial charge < -0.3 is 5.32 Å². The number of amides is 3. The van der Waals surface area contributed by atoms with Gasteiger partial charge in [-0.1, -0.05) is 29.3 Å². The van der Waals surface area contributed by atoms with Crippen LogP contribution in [-0.2, 0) is 9.59 Å². The van der Waals surface area contributed by atoms with Crippen LogP contribution in [-0.4, -0.2) is 17.1 Å². The monoisotopic (exact) mass is 316 g/mol. The van der Waals surface area contributed by atoms with Crippen LogP contribution in [0.4, 0.5) is 10.5 Å². The highest BCUT2D eigenvalue weighted by Gasteiger charge is 2.26. The molecular weight excluding hydrogens is 311 g/mol. The minimum absolute atomic E-state index is 0.0191. The number of hydrogen-bond acceptors (Lipinski definition) is 4. The van der Waals surface area contributed by atoms with Crippen molar-refractivity contribution in [2.24, 2.45) is 0 Å². The summed E-state index contributed by atoms with van der Waals surface area (Å²) < 4.78 is 0. The summed E-state index contributed by atoms with van der Waals surface area (Å²) in [4.78, 5) is 33.9. The highest BCUT2D eigenvalue weighted by atomic mass is 35.5. The summed E-state index contributed by atoms with van der Waals surface area (Å²) in [5.74, 6) is -1.20. The highest BCUT2D eigenvalue weighted by molar-refractivity contribution is 8.18. The summed E-state index contributed by atoms with van der Waals surface area (Å²) in [5, 5.41) is 4.54. The van der Waals surface area contributed by atoms with Crippen LogP contribution in [0.15, 0.2) is 29.2 Å². The molecule has 1 heterocycles. The van der Waals surface area contributed by atoms with Crippen LogP contribution >= 0.6 is 35.0 Å². The van der Waals surface area contributed by atoms with Gasteiger partial charge in [0.1, 0.15) is 0 Å². The van der Waals surface area contributed by atoms with E-state index in [1.165, 1.54) is 0 Å². The van der Waals surface area contributed by atoms with E-state index in [1.807, 2.05) is 5.32 Å². The molecule has 0 bridgehead atoms. The van der Waals surface area contributed by atoms with E-state index in [2.05, 4.69) is 5.32 Å². The van der Waals surface area contributed by atoms with Gasteiger partial charge in [0, 0.05) is 6.08 Å². The SMILES string of the molecule is O=C(/C=C1\SC(=O)NC1=O)Nc1c(Cl)cccc1Cl. The predicted molar refractivity (Wildman–Crippen MR) is 74.3 cm³/mol. The Hall–Kier alpha value is -1.50. The summed E-state index contributed by atoms with van der Waals surface area (Å²) in [6.07, 6.45) is 1.02. The number of nitrogens with one attached hydrogen (secondary N) is 2. The van der Waals surface area contributed by atoms with Crippen molar-refractivity contribution in [3.05, 3.63) is 39.2 Å². The Bertz CT molecular complexity index is 596. The van der Waals surface area contributed by atoms with Crippen LogP contribution in [0, 0.1) is 0 Å². The van der Waals surface area contributed by atoms with Crippen molar-refractivity contribution in [3.63, 3.8) is 0 Å². The van der Waals surface area contributed by atoms with Crippen LogP contribution in [0.2, 0.25) is 10.0 Å². The zero-order valence-corrected chi connectivity index (χ0v) is 11.5. The Labute approximate surface area is 122 Å². The number of imide groups is 1. The van der Waals surface area contributed by atoms with Crippen LogP contribution in [0.3, 0.4) is 0 Å². The lowest BCUT2D eigenvalue weighted by molar-refractivity contribution is -0.116. The first-order valence-corrected chi connectivity index (χ1v) is 6.54. The van der Waals surface area contributed by atoms with Gasteiger partial charge in [0.25, 0.3) is 11.1 Å². The lowest BCUT2D eigenvalue weighted by Crippen LogP contribution is -2.19. The molecule has 19 heavy (non-hydrogen) atoms. The topological polar surface area (TPSA) is 75.3 Å². The van der Waals surface area contributed by atoms with Gasteiger partial charge in [-0.3, -0.25) is 19.7 Å². The number of para-hydroxylation sites is 1. The summed E-state index contributed by atoms with van der Waals surface area (Å²) in [6.45, 7) is 0. The molecule has 1 aromatic carbocycles. The maximum Gasteiger partial charge on any atom is 0.290 e. The fraction of sp³-hybridized carbons (Fsp3) is 0. The van der Waals surface area contributed by atoms with Gasteiger partial charge in [0.05, 0.1) is 20.6 Å². The molecule has 0 atom stereocenters. The molecule has 1 saturated heterocycles. The Morgan fingerprint density at radius 3 is 2.42 bits per heavy atom. The maximum absolute atomic E-state index is 11.7. The third-order valence-electron chi connectivity index (χ3n) is 2.12. The Morgan fingerprint density at radius 2 is 1.89 bits per heavy atom. The zero-order chi connectivity index (χ0) is 14.0. The summed E-state index contributed by atoms with van der Waals surface area (Å²) in [6, 6.07) is 4.77. The largest absolute Gasteiger partial charge is 0.320 e. The van der Waals surface area contributed by atoms with Crippen molar-refractivity contribution in [3.8, 4) is 0 Å². The van der Waals surface area contributed by atoms with Crippen LogP contribution in [0.1, 0.15) is 0 Å². The van der Waals surface area contributed by atoms with Gasteiger partial charge in [-0.25, -0.2) is 0 Å². The molecule has 3 amide bonds. The molecule has 0 saturated carbocycles. The van der Waals surface area contributed by atoms with E-state index in [4.69, 9.17) is 23.2 Å². The number of thioether (sulfide) groups is 1. The Balaban J connectivity index is 2.16. The van der Waals surface area contributed by atoms with Crippen molar-refractivity contribution in [1.29, 1.82) is 0 Å². The van der Waals surface area contributed by atoms with E-state index in [9.17, 15) is 14.4 Å². The number of rotatable bonds is 2. The lowest BCUT2D eigenvalue weighted by Gasteiger charge is -2.06. The molecule has 0 spiro atoms. The van der Waals surface area contributed by atoms with Crippen molar-refractivity contribution >= 4 is 57.7 Å². The average molecular weight is 317 g/mol. The van der Waals surface area contributed by atoms with Crippen LogP contribution in [0.25, 0.3) is 0 Å². The molecule has 2 rings (SSSR count). The van der Waals surface area contributed by atoms with Crippen LogP contribution < -0.4 is 10.6 Å². The first kappa shape index (κ1) is 13.9. The van der Waals surface area contributed by atoms with Gasteiger partial charge in [-0.2, -0.15) is 0 Å². The molecule has 1 aromatic rings. The van der Waals surface area contributed by atoms with Gasteiger partial charge in [0.2, 0.25) is 5.91 Å². The molecule has 0 radical (unpaired) electrons. The fourth-order valence-electron chi connectivity index (χ4n) is 1.32. The first-order valence-electron chi connectivity index (χ1n) is 4.97. The fourth-order valence-corrected chi connectivity index (χ4v) is 2.46. The smallest absolute Gasteiger partial charge is 0.290 e. The molecule has 8 heteroatoms. The van der Waals surface area contributed by atoms with Crippen molar-refractivity contribution in [2.75, 3.05) is 5.32 Å². The van der Waals surface area contributed by atoms with Gasteiger partial charge in [-0.05, 0) is 23.9 Å². The van der Waals surface area contributed by atoms with Crippen LogP contribution in [0.5, 0.6) is 0 Å². The number of carbonyl (C=O) groups excluding carboxylic acids is 3. The van der Waals surface area contributed by atoms with Gasteiger partial charge in [-0.15, -0.1) is 0 Å². The minimum atomic E-state index is -0.601. The highest BCUT2D eigenvalue weighted by Crippen LogP contribution is 2.30. The van der Waals surface area contributed by atoms with E-state index in [1.54, 1.807) is 18.2 Å². The number of carbonyl (C=O) groups is 3. The standard InChI is InChI=1S/C11H6Cl2N2O3S/c12-5-2-1-3-6(13)9(5)14-8(16)4-7-10(17)15-11(18)19-7/h1-4H,(H,14,16)(H,15,17,18)/b7-4-. The third-order valence-corrected chi connectivity index (χ3v) is 3.56. The molecule has 1 aliphatic rings. The predicted octanol–water partition coefficient (Wildman–Crippen LogP) is 2.80. The second kappa shape index (κ2) is 5.64. The molecule has 98 valence electrons. The number of benzene rings is 1. The number of halogens is 2. The second-order valence-electron chi connectivity index (χ2n) is 3.44. The number of hydrogen-bond donors (Lipinski definition) is 2. The van der Waals surface area contributed by atoms with E-state index in [-0.39, 0.29) is 20.6 Å². The minimum Gasteiger partial charge on any atom is -0.320 e. The van der Waals surface area contributed by atoms with E-state index in [0.717, 1.165) is 6.08 Å². The van der Waals surface area contributed by atoms with Gasteiger partial charge in [0.15, 0.2) is 0 Å². The van der Waals surface area contributed by atoms with Crippen molar-refractivity contribution < 1.29 is 14.4 Å². The summed E-state index contributed by atoms with van der Waals surface area (Å²) in [7, 11) is 0. The quantitative estimate of drug-likeness (QED) is 0.823. The average Bonchev–Trinajstić information content (AvgIpc) is 2.63. The molecule has 1 fully saturated rings. The van der Waals surface area contributed by atoms with E-state index in [0.29, 0.717) is 11.8 Å². The second-order valence-corrected chi connectivity index (χ2v) is 5.27. The molecule has 0 unspecified atom stereocenters. The number of anilines is 1. The third kappa shape index (κ3) is 3.28. The Kier molecular flexibility index (Phi) is 4.14. The summed E-state index contributed by atoms with van der Waals surface area (Å²) in [5.41, 5.74) is 0.252. The lowest BCUT2D eigenvalue weighted by atomic mass is 10.3. The molecular formula is C11H6Cl2N2O3S. The Morgan fingerprint density at radius 1 is 1.26 bits per heavy atom. The molecule has 0 aliphatic carbocycles. The van der Waals surface area contributed by atoms with Crippen molar-refractivity contribution in [1.82, 2.24) is 5.32 Å². The normalized spacial score (nSPS) is 16.6.